The van der Waals surface area contributed by atoms with E-state index in [1.807, 2.05) is 24.3 Å². The van der Waals surface area contributed by atoms with Crippen LogP contribution in [0.1, 0.15) is 44.1 Å². The molecule has 0 aromatic heterocycles. The van der Waals surface area contributed by atoms with Crippen LogP contribution in [0.5, 0.6) is 0 Å². The third-order valence-electron chi connectivity index (χ3n) is 4.90. The molecule has 1 heterocycles. The lowest BCUT2D eigenvalue weighted by Gasteiger charge is -2.44. The number of nitrogen functional groups attached to an aromatic ring is 1. The molecule has 2 N–H and O–H groups in total. The number of fused-ring (bicyclic) bond motifs is 1. The molecule has 1 aliphatic carbocycles. The minimum Gasteiger partial charge on any atom is -0.399 e. The Morgan fingerprint density at radius 3 is 2.60 bits per heavy atom. The minimum absolute atomic E-state index is 0.298. The van der Waals surface area contributed by atoms with Crippen LogP contribution in [0.25, 0.3) is 0 Å². The molecule has 0 unspecified atom stereocenters. The van der Waals surface area contributed by atoms with Crippen LogP contribution < -0.4 is 5.73 Å². The number of carbonyl (C=O) groups is 1. The third-order valence-corrected chi connectivity index (χ3v) is 4.90. The van der Waals surface area contributed by atoms with Crippen LogP contribution in [0.2, 0.25) is 0 Å². The van der Waals surface area contributed by atoms with E-state index < -0.39 is 0 Å². The number of rotatable bonds is 2. The Balaban J connectivity index is 1.67. The summed E-state index contributed by atoms with van der Waals surface area (Å²) in [5, 5.41) is 0. The van der Waals surface area contributed by atoms with E-state index >= 15 is 0 Å². The fourth-order valence-electron chi connectivity index (χ4n) is 3.85. The topological polar surface area (TPSA) is 46.3 Å². The molecule has 0 bridgehead atoms. The van der Waals surface area contributed by atoms with Gasteiger partial charge in [-0.3, -0.25) is 4.79 Å². The van der Waals surface area contributed by atoms with Gasteiger partial charge in [-0.25, -0.2) is 0 Å². The molecule has 1 aromatic carbocycles. The smallest absolute Gasteiger partial charge is 0.227 e. The van der Waals surface area contributed by atoms with Crippen molar-refractivity contribution in [2.24, 2.45) is 5.92 Å². The molecule has 108 valence electrons. The highest BCUT2D eigenvalue weighted by molar-refractivity contribution is 5.79. The van der Waals surface area contributed by atoms with Crippen LogP contribution in [0.4, 0.5) is 5.69 Å². The first kappa shape index (κ1) is 13.5. The van der Waals surface area contributed by atoms with Gasteiger partial charge in [0.05, 0.1) is 6.42 Å². The Morgan fingerprint density at radius 2 is 1.80 bits per heavy atom. The zero-order valence-electron chi connectivity index (χ0n) is 12.1. The molecule has 1 aromatic rings. The van der Waals surface area contributed by atoms with Gasteiger partial charge in [0.25, 0.3) is 0 Å². The highest BCUT2D eigenvalue weighted by Crippen LogP contribution is 2.35. The molecule has 1 saturated heterocycles. The molecule has 0 spiro atoms. The first-order valence-corrected chi connectivity index (χ1v) is 7.88. The average molecular weight is 272 g/mol. The zero-order valence-corrected chi connectivity index (χ0v) is 12.1. The van der Waals surface area contributed by atoms with Gasteiger partial charge in [-0.2, -0.15) is 0 Å². The number of nitrogens with two attached hydrogens (primary N) is 1. The first-order chi connectivity index (χ1) is 9.74. The van der Waals surface area contributed by atoms with Crippen molar-refractivity contribution in [2.45, 2.75) is 51.0 Å². The zero-order chi connectivity index (χ0) is 13.9. The van der Waals surface area contributed by atoms with Crippen LogP contribution in [0.3, 0.4) is 0 Å². The number of carbonyl (C=O) groups excluding carboxylic acids is 1. The van der Waals surface area contributed by atoms with Crippen molar-refractivity contribution in [1.29, 1.82) is 0 Å². The lowest BCUT2D eigenvalue weighted by Crippen LogP contribution is -2.50. The maximum Gasteiger partial charge on any atom is 0.227 e. The SMILES string of the molecule is Nc1ccc(CC(=O)N2CCC[C@H]3CCCC[C@H]32)cc1. The van der Waals surface area contributed by atoms with Gasteiger partial charge in [-0.05, 0) is 49.3 Å². The molecular weight excluding hydrogens is 248 g/mol. The maximum atomic E-state index is 12.6. The predicted molar refractivity (Wildman–Crippen MR) is 81.3 cm³/mol. The molecule has 3 heteroatoms. The van der Waals surface area contributed by atoms with E-state index in [4.69, 9.17) is 5.73 Å². The van der Waals surface area contributed by atoms with Gasteiger partial charge < -0.3 is 10.6 Å². The van der Waals surface area contributed by atoms with Gasteiger partial charge in [0, 0.05) is 18.3 Å². The summed E-state index contributed by atoms with van der Waals surface area (Å²) in [4.78, 5) is 14.8. The Hall–Kier alpha value is -1.51. The van der Waals surface area contributed by atoms with Gasteiger partial charge in [0.2, 0.25) is 5.91 Å². The summed E-state index contributed by atoms with van der Waals surface area (Å²) >= 11 is 0. The molecule has 2 atom stereocenters. The monoisotopic (exact) mass is 272 g/mol. The summed E-state index contributed by atoms with van der Waals surface area (Å²) < 4.78 is 0. The molecule has 3 rings (SSSR count). The fourth-order valence-corrected chi connectivity index (χ4v) is 3.85. The third kappa shape index (κ3) is 2.82. The second kappa shape index (κ2) is 5.86. The van der Waals surface area contributed by atoms with Crippen LogP contribution in [-0.4, -0.2) is 23.4 Å². The summed E-state index contributed by atoms with van der Waals surface area (Å²) in [6, 6.07) is 8.20. The molecular formula is C17H24N2O. The van der Waals surface area contributed by atoms with Crippen LogP contribution in [-0.2, 0) is 11.2 Å². The fraction of sp³-hybridized carbons (Fsp3) is 0.588. The van der Waals surface area contributed by atoms with E-state index in [2.05, 4.69) is 4.90 Å². The largest absolute Gasteiger partial charge is 0.399 e. The number of piperidine rings is 1. The second-order valence-electron chi connectivity index (χ2n) is 6.26. The standard InChI is InChI=1S/C17H24N2O/c18-15-9-7-13(8-10-15)12-17(20)19-11-3-5-14-4-1-2-6-16(14)19/h7-10,14,16H,1-6,11-12,18H2/t14-,16-/m1/s1. The molecule has 2 fully saturated rings. The average Bonchev–Trinajstić information content (AvgIpc) is 2.49. The maximum absolute atomic E-state index is 12.6. The first-order valence-electron chi connectivity index (χ1n) is 7.88. The van der Waals surface area contributed by atoms with Crippen LogP contribution >= 0.6 is 0 Å². The molecule has 2 aliphatic rings. The number of nitrogens with zero attached hydrogens (tertiary/aromatic N) is 1. The summed E-state index contributed by atoms with van der Waals surface area (Å²) in [5.41, 5.74) is 7.52. The van der Waals surface area contributed by atoms with Gasteiger partial charge in [-0.1, -0.05) is 25.0 Å². The van der Waals surface area contributed by atoms with Crippen molar-refractivity contribution in [3.63, 3.8) is 0 Å². The number of hydrogen-bond donors (Lipinski definition) is 1. The molecule has 3 nitrogen and oxygen atoms in total. The number of hydrogen-bond acceptors (Lipinski definition) is 2. The van der Waals surface area contributed by atoms with Gasteiger partial charge >= 0.3 is 0 Å². The van der Waals surface area contributed by atoms with Crippen LogP contribution in [0.15, 0.2) is 24.3 Å². The summed E-state index contributed by atoms with van der Waals surface area (Å²) in [5.74, 6) is 1.05. The van der Waals surface area contributed by atoms with Crippen LogP contribution in [0, 0.1) is 5.92 Å². The Labute approximate surface area is 121 Å². The Kier molecular flexibility index (Phi) is 3.95. The molecule has 20 heavy (non-hydrogen) atoms. The highest BCUT2D eigenvalue weighted by atomic mass is 16.2. The van der Waals surface area contributed by atoms with Gasteiger partial charge in [0.15, 0.2) is 0 Å². The van der Waals surface area contributed by atoms with E-state index in [-0.39, 0.29) is 0 Å². The Morgan fingerprint density at radius 1 is 1.10 bits per heavy atom. The number of amides is 1. The molecule has 1 aliphatic heterocycles. The normalized spacial score (nSPS) is 26.1. The van der Waals surface area contributed by atoms with E-state index in [1.165, 1.54) is 38.5 Å². The van der Waals surface area contributed by atoms with Crippen molar-refractivity contribution < 1.29 is 4.79 Å². The van der Waals surface area contributed by atoms with E-state index in [0.717, 1.165) is 23.7 Å². The van der Waals surface area contributed by atoms with Gasteiger partial charge in [0.1, 0.15) is 0 Å². The molecule has 1 amide bonds. The van der Waals surface area contributed by atoms with Gasteiger partial charge in [-0.15, -0.1) is 0 Å². The van der Waals surface area contributed by atoms with Crippen molar-refractivity contribution in [1.82, 2.24) is 4.90 Å². The Bertz CT molecular complexity index is 466. The van der Waals surface area contributed by atoms with Crippen molar-refractivity contribution in [3.05, 3.63) is 29.8 Å². The summed E-state index contributed by atoms with van der Waals surface area (Å²) in [7, 11) is 0. The van der Waals surface area contributed by atoms with E-state index in [9.17, 15) is 4.79 Å². The quantitative estimate of drug-likeness (QED) is 0.841. The van der Waals surface area contributed by atoms with E-state index in [1.54, 1.807) is 0 Å². The highest BCUT2D eigenvalue weighted by Gasteiger charge is 2.35. The van der Waals surface area contributed by atoms with Crippen molar-refractivity contribution >= 4 is 11.6 Å². The molecule has 0 radical (unpaired) electrons. The summed E-state index contributed by atoms with van der Waals surface area (Å²) in [6.45, 7) is 0.953. The number of anilines is 1. The number of benzene rings is 1. The summed E-state index contributed by atoms with van der Waals surface area (Å²) in [6.07, 6.45) is 8.16. The lowest BCUT2D eigenvalue weighted by atomic mass is 9.78. The lowest BCUT2D eigenvalue weighted by molar-refractivity contribution is -0.136. The predicted octanol–water partition coefficient (Wildman–Crippen LogP) is 2.99. The van der Waals surface area contributed by atoms with Crippen molar-refractivity contribution in [3.8, 4) is 0 Å². The number of likely N-dealkylation sites (tertiary alicyclic amines) is 1. The van der Waals surface area contributed by atoms with Crippen molar-refractivity contribution in [2.75, 3.05) is 12.3 Å². The van der Waals surface area contributed by atoms with E-state index in [0.29, 0.717) is 18.4 Å². The molecule has 1 saturated carbocycles. The minimum atomic E-state index is 0.298. The second-order valence-corrected chi connectivity index (χ2v) is 6.26.